The molecule has 0 aliphatic rings. The summed E-state index contributed by atoms with van der Waals surface area (Å²) in [5, 5.41) is 20.4. The highest BCUT2D eigenvalue weighted by molar-refractivity contribution is 7.13. The molecule has 0 saturated heterocycles. The average Bonchev–Trinajstić information content (AvgIpc) is 2.86. The fourth-order valence-electron chi connectivity index (χ4n) is 1.55. The number of nitro benzene ring substituents is 1. The van der Waals surface area contributed by atoms with Gasteiger partial charge in [-0.2, -0.15) is 4.39 Å². The molecule has 10 heteroatoms. The van der Waals surface area contributed by atoms with E-state index in [1.165, 1.54) is 5.38 Å². The standard InChI is InChI=1S/C11H7F2N3O4S/c12-4-1-2-6(16(19)20)8(13)7(4)10-15-5(3-21-10)9(14)11(17)18/h1-3,9H,14H2,(H,17,18). The first-order chi connectivity index (χ1) is 9.82. The second-order valence-electron chi connectivity index (χ2n) is 3.91. The number of carboxylic acids is 1. The van der Waals surface area contributed by atoms with Crippen molar-refractivity contribution in [3.05, 3.63) is 45.0 Å². The number of halogens is 2. The zero-order valence-corrected chi connectivity index (χ0v) is 10.9. The lowest BCUT2D eigenvalue weighted by atomic mass is 10.1. The predicted molar refractivity (Wildman–Crippen MR) is 68.7 cm³/mol. The van der Waals surface area contributed by atoms with Crippen molar-refractivity contribution >= 4 is 23.0 Å². The molecule has 0 fully saturated rings. The van der Waals surface area contributed by atoms with Gasteiger partial charge < -0.3 is 10.8 Å². The highest BCUT2D eigenvalue weighted by atomic mass is 32.1. The van der Waals surface area contributed by atoms with Crippen molar-refractivity contribution in [1.29, 1.82) is 0 Å². The molecule has 0 bridgehead atoms. The van der Waals surface area contributed by atoms with Gasteiger partial charge in [0.25, 0.3) is 0 Å². The van der Waals surface area contributed by atoms with Gasteiger partial charge in [0.15, 0.2) is 0 Å². The maximum Gasteiger partial charge on any atom is 0.326 e. The molecule has 0 aliphatic carbocycles. The van der Waals surface area contributed by atoms with Crippen LogP contribution in [0.1, 0.15) is 11.7 Å². The van der Waals surface area contributed by atoms with Crippen molar-refractivity contribution in [2.24, 2.45) is 5.73 Å². The molecular weight excluding hydrogens is 308 g/mol. The van der Waals surface area contributed by atoms with Crippen molar-refractivity contribution in [1.82, 2.24) is 4.98 Å². The lowest BCUT2D eigenvalue weighted by molar-refractivity contribution is -0.387. The molecule has 0 amide bonds. The number of aliphatic carboxylic acids is 1. The maximum atomic E-state index is 14.0. The first-order valence-electron chi connectivity index (χ1n) is 5.39. The minimum Gasteiger partial charge on any atom is -0.480 e. The highest BCUT2D eigenvalue weighted by Gasteiger charge is 2.26. The fraction of sp³-hybridized carbons (Fsp3) is 0.0909. The zero-order valence-electron chi connectivity index (χ0n) is 10.1. The van der Waals surface area contributed by atoms with Crippen molar-refractivity contribution in [3.8, 4) is 10.6 Å². The molecule has 0 saturated carbocycles. The molecule has 0 aliphatic heterocycles. The number of nitro groups is 1. The topological polar surface area (TPSA) is 119 Å². The third-order valence-corrected chi connectivity index (χ3v) is 3.47. The first-order valence-corrected chi connectivity index (χ1v) is 6.27. The number of aromatic nitrogens is 1. The van der Waals surface area contributed by atoms with Gasteiger partial charge in [0.1, 0.15) is 16.9 Å². The van der Waals surface area contributed by atoms with Gasteiger partial charge in [0.05, 0.1) is 16.2 Å². The summed E-state index contributed by atoms with van der Waals surface area (Å²) in [5.74, 6) is -3.76. The van der Waals surface area contributed by atoms with E-state index in [1.54, 1.807) is 0 Å². The largest absolute Gasteiger partial charge is 0.480 e. The van der Waals surface area contributed by atoms with Crippen LogP contribution in [0.3, 0.4) is 0 Å². The summed E-state index contributed by atoms with van der Waals surface area (Å²) in [4.78, 5) is 24.1. The minimum atomic E-state index is -1.44. The molecule has 1 aromatic heterocycles. The number of hydrogen-bond acceptors (Lipinski definition) is 6. The summed E-state index contributed by atoms with van der Waals surface area (Å²) < 4.78 is 27.7. The molecule has 21 heavy (non-hydrogen) atoms. The van der Waals surface area contributed by atoms with Crippen LogP contribution in [0.25, 0.3) is 10.6 Å². The van der Waals surface area contributed by atoms with E-state index in [1.807, 2.05) is 0 Å². The van der Waals surface area contributed by atoms with Crippen molar-refractivity contribution in [2.45, 2.75) is 6.04 Å². The SMILES string of the molecule is NC(C(=O)O)c1csc(-c2c(F)ccc([N+](=O)[O-])c2F)n1. The molecule has 0 radical (unpaired) electrons. The van der Waals surface area contributed by atoms with Crippen LogP contribution >= 0.6 is 11.3 Å². The monoisotopic (exact) mass is 315 g/mol. The van der Waals surface area contributed by atoms with Gasteiger partial charge in [0, 0.05) is 11.4 Å². The average molecular weight is 315 g/mol. The number of carboxylic acid groups (broad SMARTS) is 1. The molecule has 110 valence electrons. The number of nitrogens with zero attached hydrogens (tertiary/aromatic N) is 2. The predicted octanol–water partition coefficient (Wildman–Crippen LogP) is 2.08. The van der Waals surface area contributed by atoms with E-state index < -0.39 is 39.8 Å². The third-order valence-electron chi connectivity index (χ3n) is 2.59. The van der Waals surface area contributed by atoms with Crippen LogP contribution in [0.5, 0.6) is 0 Å². The van der Waals surface area contributed by atoms with Crippen LogP contribution in [0.15, 0.2) is 17.5 Å². The van der Waals surface area contributed by atoms with Gasteiger partial charge in [-0.1, -0.05) is 0 Å². The van der Waals surface area contributed by atoms with E-state index in [0.29, 0.717) is 6.07 Å². The Hall–Kier alpha value is -2.46. The van der Waals surface area contributed by atoms with E-state index in [2.05, 4.69) is 4.98 Å². The Morgan fingerprint density at radius 2 is 2.14 bits per heavy atom. The molecule has 1 heterocycles. The summed E-state index contributed by atoms with van der Waals surface area (Å²) in [6.45, 7) is 0. The molecule has 7 nitrogen and oxygen atoms in total. The summed E-state index contributed by atoms with van der Waals surface area (Å²) in [7, 11) is 0. The van der Waals surface area contributed by atoms with E-state index in [9.17, 15) is 23.7 Å². The Morgan fingerprint density at radius 1 is 1.48 bits per heavy atom. The van der Waals surface area contributed by atoms with Crippen molar-refractivity contribution in [3.63, 3.8) is 0 Å². The van der Waals surface area contributed by atoms with Gasteiger partial charge in [-0.25, -0.2) is 9.37 Å². The molecule has 1 aromatic carbocycles. The van der Waals surface area contributed by atoms with Gasteiger partial charge in [-0.3, -0.25) is 14.9 Å². The Kier molecular flexibility index (Phi) is 3.91. The number of rotatable bonds is 4. The molecule has 1 unspecified atom stereocenters. The summed E-state index contributed by atoms with van der Waals surface area (Å²) >= 11 is 0.740. The van der Waals surface area contributed by atoms with Gasteiger partial charge in [-0.05, 0) is 6.07 Å². The molecule has 0 spiro atoms. The molecule has 3 N–H and O–H groups in total. The zero-order chi connectivity index (χ0) is 15.7. The van der Waals surface area contributed by atoms with Crippen LogP contribution in [0.4, 0.5) is 14.5 Å². The molecular formula is C11H7F2N3O4S. The van der Waals surface area contributed by atoms with E-state index in [-0.39, 0.29) is 10.7 Å². The second kappa shape index (κ2) is 5.50. The minimum absolute atomic E-state index is 0.0900. The van der Waals surface area contributed by atoms with Crippen LogP contribution in [-0.4, -0.2) is 21.0 Å². The van der Waals surface area contributed by atoms with Crippen LogP contribution < -0.4 is 5.73 Å². The number of carbonyl (C=O) groups is 1. The van der Waals surface area contributed by atoms with Gasteiger partial charge >= 0.3 is 11.7 Å². The number of thiazole rings is 1. The second-order valence-corrected chi connectivity index (χ2v) is 4.76. The Labute approximate surface area is 119 Å². The van der Waals surface area contributed by atoms with E-state index in [0.717, 1.165) is 17.4 Å². The van der Waals surface area contributed by atoms with Gasteiger partial charge in [0.2, 0.25) is 5.82 Å². The number of nitrogens with two attached hydrogens (primary N) is 1. The van der Waals surface area contributed by atoms with Crippen molar-refractivity contribution < 1.29 is 23.6 Å². The van der Waals surface area contributed by atoms with Crippen LogP contribution in [-0.2, 0) is 4.79 Å². The Bertz CT molecular complexity index is 734. The van der Waals surface area contributed by atoms with E-state index >= 15 is 0 Å². The Morgan fingerprint density at radius 3 is 2.71 bits per heavy atom. The maximum absolute atomic E-state index is 14.0. The molecule has 2 rings (SSSR count). The highest BCUT2D eigenvalue weighted by Crippen LogP contribution is 2.34. The molecule has 2 aromatic rings. The fourth-order valence-corrected chi connectivity index (χ4v) is 2.44. The lowest BCUT2D eigenvalue weighted by Gasteiger charge is -2.03. The van der Waals surface area contributed by atoms with Crippen molar-refractivity contribution in [2.75, 3.05) is 0 Å². The first kappa shape index (κ1) is 14.9. The van der Waals surface area contributed by atoms with Crippen LogP contribution in [0, 0.1) is 21.7 Å². The normalized spacial score (nSPS) is 12.1. The summed E-state index contributed by atoms with van der Waals surface area (Å²) in [6, 6.07) is 0.000245. The summed E-state index contributed by atoms with van der Waals surface area (Å²) in [6.07, 6.45) is 0. The lowest BCUT2D eigenvalue weighted by Crippen LogP contribution is -2.20. The Balaban J connectivity index is 2.55. The molecule has 1 atom stereocenters. The van der Waals surface area contributed by atoms with Gasteiger partial charge in [-0.15, -0.1) is 11.3 Å². The third kappa shape index (κ3) is 2.71. The quantitative estimate of drug-likeness (QED) is 0.658. The number of hydrogen-bond donors (Lipinski definition) is 2. The smallest absolute Gasteiger partial charge is 0.326 e. The number of benzene rings is 1. The summed E-state index contributed by atoms with van der Waals surface area (Å²) in [5.41, 5.74) is 3.66. The van der Waals surface area contributed by atoms with E-state index in [4.69, 9.17) is 10.8 Å². The van der Waals surface area contributed by atoms with Crippen LogP contribution in [0.2, 0.25) is 0 Å².